The van der Waals surface area contributed by atoms with Gasteiger partial charge in [-0.25, -0.2) is 0 Å². The number of hydrogen-bond acceptors (Lipinski definition) is 1. The molecule has 0 fully saturated rings. The average Bonchev–Trinajstić information content (AvgIpc) is 3.84. The smallest absolute Gasteiger partial charge is 0.392 e. The van der Waals surface area contributed by atoms with E-state index in [0.717, 1.165) is 34.0 Å². The number of imidazole rings is 1. The van der Waals surface area contributed by atoms with Crippen molar-refractivity contribution in [3.63, 3.8) is 0 Å². The molecule has 3 aliphatic rings. The summed E-state index contributed by atoms with van der Waals surface area (Å²) in [5.74, 6) is 1.54. The van der Waals surface area contributed by atoms with Crippen molar-refractivity contribution in [3.8, 4) is 78.6 Å². The van der Waals surface area contributed by atoms with Crippen LogP contribution in [0.5, 0.6) is 5.75 Å². The molecule has 0 bridgehead atoms. The van der Waals surface area contributed by atoms with Gasteiger partial charge in [0.15, 0.2) is 23.0 Å². The molecule has 0 amide bonds. The van der Waals surface area contributed by atoms with Gasteiger partial charge < -0.3 is 4.74 Å². The first-order valence-electron chi connectivity index (χ1n) is 25.5. The van der Waals surface area contributed by atoms with Gasteiger partial charge in [0.25, 0.3) is 0 Å². The van der Waals surface area contributed by atoms with Gasteiger partial charge in [0.05, 0.1) is 5.56 Å². The molecule has 0 N–H and O–H groups in total. The minimum Gasteiger partial charge on any atom is -0.392 e. The number of rotatable bonds is 7. The Kier molecular flexibility index (Phi) is 9.61. The lowest BCUT2D eigenvalue weighted by Gasteiger charge is -2.39. The Morgan fingerprint density at radius 2 is 1.14 bits per heavy atom. The molecule has 9 aromatic rings. The molecular weight excluding hydrogens is 851 g/mol. The summed E-state index contributed by atoms with van der Waals surface area (Å²) in [6.07, 6.45) is 2.31. The van der Waals surface area contributed by atoms with Gasteiger partial charge in [-0.15, -0.1) is 9.13 Å². The predicted octanol–water partition coefficient (Wildman–Crippen LogP) is 16.3. The summed E-state index contributed by atoms with van der Waals surface area (Å²) in [6, 6.07) is 59.5. The molecule has 3 aliphatic heterocycles. The largest absolute Gasteiger partial charge is 0.499 e. The fourth-order valence-electron chi connectivity index (χ4n) is 11.5. The summed E-state index contributed by atoms with van der Waals surface area (Å²) < 4.78 is 15.8. The maximum Gasteiger partial charge on any atom is 0.499 e. The maximum absolute atomic E-state index is 8.14. The van der Waals surface area contributed by atoms with Gasteiger partial charge >= 0.3 is 11.7 Å². The standard InChI is InChI=1S/C66H65N3O/c1-40(2)47-34-51(41(3)4)61-55(35-47)62-68(56-31-30-48(65(11,12)64(8,9)10)37-52(56)45-22-17-14-18-23-45)57-25-19-24-50-53-38-49(63(5,6)7)39-54-58-36-46(44-28-26-43(27-29-44)42-20-15-13-16-21-42)32-33-67(58)66(70-61,59(53)54)69(62)60(50)57/h13-41H,1-12H3/q+2. The molecule has 0 radical (unpaired) electrons. The highest BCUT2D eigenvalue weighted by atomic mass is 16.5. The summed E-state index contributed by atoms with van der Waals surface area (Å²) in [5, 5.41) is 0. The number of benzene rings is 7. The fraction of sp³-hybridized carbons (Fsp3) is 0.273. The van der Waals surface area contributed by atoms with Crippen molar-refractivity contribution in [2.75, 3.05) is 0 Å². The fourth-order valence-corrected chi connectivity index (χ4v) is 11.5. The number of hydrogen-bond donors (Lipinski definition) is 0. The number of pyridine rings is 1. The Morgan fingerprint density at radius 1 is 0.514 bits per heavy atom. The van der Waals surface area contributed by atoms with Crippen LogP contribution >= 0.6 is 0 Å². The van der Waals surface area contributed by atoms with Crippen LogP contribution in [0.15, 0.2) is 164 Å². The monoisotopic (exact) mass is 916 g/mol. The molecule has 1 atom stereocenters. The SMILES string of the molecule is CC(C)c1cc2c(c(C(C)C)c1)OC13c4c(cc(C(C)(C)C)cc4-c4cc(-c5ccc(-c6ccccc6)cc5)cc[n+]41)-c1cccc4c1[n+]3c-2n4-c1ccc(C(C)(C)C(C)(C)C)cc1-c1ccccc1. The molecular formula is C66H65N3O+2. The zero-order chi connectivity index (χ0) is 48.8. The van der Waals surface area contributed by atoms with Crippen molar-refractivity contribution in [1.29, 1.82) is 0 Å². The first-order valence-corrected chi connectivity index (χ1v) is 25.5. The molecule has 4 heteroatoms. The van der Waals surface area contributed by atoms with Gasteiger partial charge in [-0.3, -0.25) is 0 Å². The van der Waals surface area contributed by atoms with E-state index in [0.29, 0.717) is 5.92 Å². The quantitative estimate of drug-likeness (QED) is 0.146. The third-order valence-electron chi connectivity index (χ3n) is 16.5. The second-order valence-corrected chi connectivity index (χ2v) is 23.5. The van der Waals surface area contributed by atoms with Crippen molar-refractivity contribution >= 4 is 11.0 Å². The van der Waals surface area contributed by atoms with Crippen LogP contribution in [-0.4, -0.2) is 4.57 Å². The van der Waals surface area contributed by atoms with E-state index < -0.39 is 5.85 Å². The Hall–Kier alpha value is -7.04. The maximum atomic E-state index is 8.14. The van der Waals surface area contributed by atoms with Crippen LogP contribution in [0.2, 0.25) is 0 Å². The van der Waals surface area contributed by atoms with E-state index in [9.17, 15) is 0 Å². The number of fused-ring (bicyclic) bond motifs is 5. The van der Waals surface area contributed by atoms with Gasteiger partial charge in [0.1, 0.15) is 16.8 Å². The van der Waals surface area contributed by atoms with Crippen LogP contribution in [0.3, 0.4) is 0 Å². The third kappa shape index (κ3) is 6.27. The number of nitrogens with zero attached hydrogens (tertiary/aromatic N) is 3. The molecule has 4 nitrogen and oxygen atoms in total. The Morgan fingerprint density at radius 3 is 1.79 bits per heavy atom. The zero-order valence-electron chi connectivity index (χ0n) is 43.0. The second-order valence-electron chi connectivity index (χ2n) is 23.5. The Bertz CT molecular complexity index is 3600. The van der Waals surface area contributed by atoms with Crippen LogP contribution in [0, 0.1) is 5.41 Å². The molecule has 7 aromatic carbocycles. The lowest BCUT2D eigenvalue weighted by molar-refractivity contribution is -0.997. The minimum atomic E-state index is -1.07. The highest BCUT2D eigenvalue weighted by molar-refractivity contribution is 5.98. The van der Waals surface area contributed by atoms with Crippen molar-refractivity contribution in [2.45, 2.75) is 112 Å². The highest BCUT2D eigenvalue weighted by Crippen LogP contribution is 2.56. The summed E-state index contributed by atoms with van der Waals surface area (Å²) in [7, 11) is 0. The van der Waals surface area contributed by atoms with E-state index in [-0.39, 0.29) is 22.2 Å². The van der Waals surface area contributed by atoms with Gasteiger partial charge in [-0.2, -0.15) is 4.57 Å². The zero-order valence-corrected chi connectivity index (χ0v) is 43.0. The van der Waals surface area contributed by atoms with Crippen LogP contribution in [0.4, 0.5) is 0 Å². The van der Waals surface area contributed by atoms with Crippen molar-refractivity contribution < 1.29 is 13.9 Å². The first-order chi connectivity index (χ1) is 33.4. The van der Waals surface area contributed by atoms with Crippen molar-refractivity contribution in [1.82, 2.24) is 4.57 Å². The van der Waals surface area contributed by atoms with E-state index in [1.54, 1.807) is 0 Å². The average molecular weight is 916 g/mol. The molecule has 5 heterocycles. The van der Waals surface area contributed by atoms with Gasteiger partial charge in [-0.1, -0.05) is 186 Å². The highest BCUT2D eigenvalue weighted by Gasteiger charge is 2.69. The first kappa shape index (κ1) is 44.2. The van der Waals surface area contributed by atoms with Gasteiger partial charge in [0, 0.05) is 28.8 Å². The van der Waals surface area contributed by atoms with Crippen LogP contribution < -0.4 is 13.9 Å². The molecule has 70 heavy (non-hydrogen) atoms. The van der Waals surface area contributed by atoms with E-state index in [1.165, 1.54) is 83.4 Å². The Balaban J connectivity index is 1.22. The van der Waals surface area contributed by atoms with E-state index in [1.807, 2.05) is 0 Å². The van der Waals surface area contributed by atoms with Gasteiger partial charge in [-0.05, 0) is 121 Å². The number of aromatic nitrogens is 3. The Labute approximate surface area is 414 Å². The van der Waals surface area contributed by atoms with E-state index in [2.05, 4.69) is 261 Å². The lowest BCUT2D eigenvalue weighted by Crippen LogP contribution is -2.78. The molecule has 0 aliphatic carbocycles. The summed E-state index contributed by atoms with van der Waals surface area (Å²) >= 11 is 0. The van der Waals surface area contributed by atoms with E-state index in [4.69, 9.17) is 4.74 Å². The molecule has 0 saturated heterocycles. The molecule has 12 rings (SSSR count). The summed E-state index contributed by atoms with van der Waals surface area (Å²) in [4.78, 5) is 0. The second kappa shape index (κ2) is 15.2. The molecule has 1 unspecified atom stereocenters. The summed E-state index contributed by atoms with van der Waals surface area (Å²) in [5.41, 5.74) is 22.8. The van der Waals surface area contributed by atoms with Crippen LogP contribution in [-0.2, 0) is 16.7 Å². The topological polar surface area (TPSA) is 21.9 Å². The van der Waals surface area contributed by atoms with Gasteiger partial charge in [0.2, 0.25) is 5.69 Å². The third-order valence-corrected chi connectivity index (χ3v) is 16.5. The molecule has 1 spiro atoms. The molecule has 2 aromatic heterocycles. The van der Waals surface area contributed by atoms with Crippen LogP contribution in [0.1, 0.15) is 123 Å². The normalized spacial score (nSPS) is 15.6. The predicted molar refractivity (Wildman–Crippen MR) is 289 cm³/mol. The lowest BCUT2D eigenvalue weighted by atomic mass is 9.65. The van der Waals surface area contributed by atoms with E-state index >= 15 is 0 Å². The number of ether oxygens (including phenoxy) is 1. The number of para-hydroxylation sites is 1. The van der Waals surface area contributed by atoms with Crippen LogP contribution in [0.25, 0.3) is 83.9 Å². The minimum absolute atomic E-state index is 0.0302. The molecule has 0 saturated carbocycles. The van der Waals surface area contributed by atoms with Crippen molar-refractivity contribution in [3.05, 3.63) is 192 Å². The summed E-state index contributed by atoms with van der Waals surface area (Å²) in [6.45, 7) is 28.2. The van der Waals surface area contributed by atoms with Crippen molar-refractivity contribution in [2.24, 2.45) is 5.41 Å². The molecule has 348 valence electrons.